The number of methoxy groups -OCH3 is 1. The largest absolute Gasteiger partial charge is 0.467 e. The summed E-state index contributed by atoms with van der Waals surface area (Å²) in [6.07, 6.45) is 0.0316. The van der Waals surface area contributed by atoms with Crippen LogP contribution in [0.4, 0.5) is 0 Å². The van der Waals surface area contributed by atoms with E-state index in [-0.39, 0.29) is 12.1 Å². The van der Waals surface area contributed by atoms with Gasteiger partial charge in [0, 0.05) is 0 Å². The molecule has 0 bridgehead atoms. The van der Waals surface area contributed by atoms with Gasteiger partial charge in [0.15, 0.2) is 5.60 Å². The molecule has 0 unspecified atom stereocenters. The molecule has 0 aliphatic carbocycles. The van der Waals surface area contributed by atoms with Gasteiger partial charge in [0.1, 0.15) is 0 Å². The van der Waals surface area contributed by atoms with Crippen LogP contribution in [0.2, 0.25) is 0 Å². The maximum Gasteiger partial charge on any atom is 0.337 e. The fourth-order valence-corrected chi connectivity index (χ4v) is 0.883. The van der Waals surface area contributed by atoms with E-state index in [1.165, 1.54) is 7.11 Å². The predicted octanol–water partition coefficient (Wildman–Crippen LogP) is 1.36. The Morgan fingerprint density at radius 2 is 1.82 bits per heavy atom. The number of hydrogen-bond donors (Lipinski definition) is 0. The van der Waals surface area contributed by atoms with Crippen LogP contribution in [0.25, 0.3) is 0 Å². The number of ether oxygens (including phenoxy) is 2. The zero-order chi connectivity index (χ0) is 9.07. The molecule has 0 aromatic carbocycles. The Balaban J connectivity index is 4.09. The number of rotatable bonds is 3. The minimum Gasteiger partial charge on any atom is -0.467 e. The molecule has 0 rings (SSSR count). The molecule has 66 valence electrons. The van der Waals surface area contributed by atoms with Gasteiger partial charge in [-0.1, -0.05) is 0 Å². The van der Waals surface area contributed by atoms with Crippen molar-refractivity contribution in [3.05, 3.63) is 0 Å². The maximum absolute atomic E-state index is 11.0. The fourth-order valence-electron chi connectivity index (χ4n) is 0.883. The van der Waals surface area contributed by atoms with Gasteiger partial charge in [-0.3, -0.25) is 0 Å². The van der Waals surface area contributed by atoms with E-state index in [4.69, 9.17) is 4.74 Å². The van der Waals surface area contributed by atoms with Gasteiger partial charge in [-0.15, -0.1) is 0 Å². The van der Waals surface area contributed by atoms with Gasteiger partial charge in [0.2, 0.25) is 0 Å². The van der Waals surface area contributed by atoms with E-state index in [0.29, 0.717) is 0 Å². The highest BCUT2D eigenvalue weighted by Gasteiger charge is 2.30. The van der Waals surface area contributed by atoms with Crippen LogP contribution in [-0.2, 0) is 14.3 Å². The summed E-state index contributed by atoms with van der Waals surface area (Å²) < 4.78 is 9.87. The minimum atomic E-state index is -0.830. The van der Waals surface area contributed by atoms with E-state index in [2.05, 4.69) is 4.74 Å². The number of hydrogen-bond acceptors (Lipinski definition) is 3. The third-order valence-electron chi connectivity index (χ3n) is 1.21. The van der Waals surface area contributed by atoms with Crippen LogP contribution < -0.4 is 0 Å². The van der Waals surface area contributed by atoms with E-state index in [1.54, 1.807) is 13.8 Å². The first-order valence-electron chi connectivity index (χ1n) is 3.66. The molecule has 0 aromatic heterocycles. The Hall–Kier alpha value is -0.570. The molecule has 0 radical (unpaired) electrons. The van der Waals surface area contributed by atoms with Crippen molar-refractivity contribution in [2.24, 2.45) is 0 Å². The second-order valence-electron chi connectivity index (χ2n) is 3.17. The minimum absolute atomic E-state index is 0.0316. The van der Waals surface area contributed by atoms with E-state index >= 15 is 0 Å². The third-order valence-corrected chi connectivity index (χ3v) is 1.21. The lowest BCUT2D eigenvalue weighted by molar-refractivity contribution is -0.169. The average molecular weight is 160 g/mol. The lowest BCUT2D eigenvalue weighted by atomic mass is 10.1. The van der Waals surface area contributed by atoms with Gasteiger partial charge in [0.05, 0.1) is 13.2 Å². The van der Waals surface area contributed by atoms with Crippen LogP contribution in [0, 0.1) is 0 Å². The Morgan fingerprint density at radius 1 is 1.36 bits per heavy atom. The molecule has 0 heterocycles. The highest BCUT2D eigenvalue weighted by molar-refractivity contribution is 5.78. The topological polar surface area (TPSA) is 35.5 Å². The summed E-state index contributed by atoms with van der Waals surface area (Å²) in [6, 6.07) is 0. The molecule has 0 atom stereocenters. The standard InChI is InChI=1S/C8H16O3/c1-6(2)11-8(3,4)7(9)10-5/h6H,1-5H3. The first-order valence-corrected chi connectivity index (χ1v) is 3.66. The number of carbonyl (C=O) groups is 1. The fraction of sp³-hybridized carbons (Fsp3) is 0.875. The first kappa shape index (κ1) is 10.4. The van der Waals surface area contributed by atoms with Crippen molar-refractivity contribution in [1.82, 2.24) is 0 Å². The summed E-state index contributed by atoms with van der Waals surface area (Å²) in [4.78, 5) is 11.0. The van der Waals surface area contributed by atoms with Crippen LogP contribution in [0.15, 0.2) is 0 Å². The Kier molecular flexibility index (Phi) is 3.52. The van der Waals surface area contributed by atoms with Gasteiger partial charge in [-0.2, -0.15) is 0 Å². The molecule has 0 aromatic rings. The van der Waals surface area contributed by atoms with Gasteiger partial charge in [-0.05, 0) is 27.7 Å². The van der Waals surface area contributed by atoms with Crippen LogP contribution in [0.3, 0.4) is 0 Å². The van der Waals surface area contributed by atoms with Crippen molar-refractivity contribution in [1.29, 1.82) is 0 Å². The SMILES string of the molecule is COC(=O)C(C)(C)OC(C)C. The van der Waals surface area contributed by atoms with E-state index in [1.807, 2.05) is 13.8 Å². The lowest BCUT2D eigenvalue weighted by Gasteiger charge is -2.24. The molecule has 0 aliphatic heterocycles. The highest BCUT2D eigenvalue weighted by atomic mass is 16.6. The van der Waals surface area contributed by atoms with Crippen molar-refractivity contribution < 1.29 is 14.3 Å². The second-order valence-corrected chi connectivity index (χ2v) is 3.17. The van der Waals surface area contributed by atoms with Gasteiger partial charge in [0.25, 0.3) is 0 Å². The summed E-state index contributed by atoms with van der Waals surface area (Å²) in [6.45, 7) is 7.15. The Morgan fingerprint density at radius 3 is 2.09 bits per heavy atom. The van der Waals surface area contributed by atoms with Crippen molar-refractivity contribution in [2.45, 2.75) is 39.4 Å². The highest BCUT2D eigenvalue weighted by Crippen LogP contribution is 2.13. The molecule has 0 saturated heterocycles. The molecule has 3 nitrogen and oxygen atoms in total. The van der Waals surface area contributed by atoms with Crippen LogP contribution in [-0.4, -0.2) is 24.8 Å². The molecule has 0 saturated carbocycles. The molecule has 0 N–H and O–H groups in total. The van der Waals surface area contributed by atoms with E-state index in [0.717, 1.165) is 0 Å². The molecule has 11 heavy (non-hydrogen) atoms. The van der Waals surface area contributed by atoms with Crippen molar-refractivity contribution in [2.75, 3.05) is 7.11 Å². The molecular weight excluding hydrogens is 144 g/mol. The molecular formula is C8H16O3. The first-order chi connectivity index (χ1) is 4.90. The van der Waals surface area contributed by atoms with Crippen molar-refractivity contribution >= 4 is 5.97 Å². The molecule has 0 fully saturated rings. The normalized spacial score (nSPS) is 11.8. The summed E-state index contributed by atoms with van der Waals surface area (Å²) in [5.74, 6) is -0.341. The van der Waals surface area contributed by atoms with Gasteiger partial charge >= 0.3 is 5.97 Å². The smallest absolute Gasteiger partial charge is 0.337 e. The number of esters is 1. The Bertz CT molecular complexity index is 138. The summed E-state index contributed by atoms with van der Waals surface area (Å²) in [5, 5.41) is 0. The van der Waals surface area contributed by atoms with Crippen LogP contribution in [0.1, 0.15) is 27.7 Å². The lowest BCUT2D eigenvalue weighted by Crippen LogP contribution is -2.38. The second kappa shape index (κ2) is 3.72. The van der Waals surface area contributed by atoms with Crippen LogP contribution in [0.5, 0.6) is 0 Å². The third kappa shape index (κ3) is 3.37. The van der Waals surface area contributed by atoms with E-state index < -0.39 is 5.60 Å². The molecule has 3 heteroatoms. The average Bonchev–Trinajstić information content (AvgIpc) is 1.83. The van der Waals surface area contributed by atoms with Crippen molar-refractivity contribution in [3.8, 4) is 0 Å². The molecule has 0 spiro atoms. The van der Waals surface area contributed by atoms with Gasteiger partial charge < -0.3 is 9.47 Å². The molecule has 0 aliphatic rings. The van der Waals surface area contributed by atoms with E-state index in [9.17, 15) is 4.79 Å². The predicted molar refractivity (Wildman–Crippen MR) is 42.3 cm³/mol. The zero-order valence-electron chi connectivity index (χ0n) is 7.80. The summed E-state index contributed by atoms with van der Waals surface area (Å²) in [5.41, 5.74) is -0.830. The number of carbonyl (C=O) groups excluding carboxylic acids is 1. The molecule has 0 amide bonds. The van der Waals surface area contributed by atoms with Gasteiger partial charge in [-0.25, -0.2) is 4.79 Å². The quantitative estimate of drug-likeness (QED) is 0.585. The summed E-state index contributed by atoms with van der Waals surface area (Å²) in [7, 11) is 1.35. The Labute approximate surface area is 67.7 Å². The van der Waals surface area contributed by atoms with Crippen molar-refractivity contribution in [3.63, 3.8) is 0 Å². The summed E-state index contributed by atoms with van der Waals surface area (Å²) >= 11 is 0. The van der Waals surface area contributed by atoms with Crippen LogP contribution >= 0.6 is 0 Å². The monoisotopic (exact) mass is 160 g/mol. The maximum atomic E-state index is 11.0. The zero-order valence-corrected chi connectivity index (χ0v) is 7.80.